The van der Waals surface area contributed by atoms with Gasteiger partial charge in [-0.25, -0.2) is 0 Å². The molecule has 0 amide bonds. The first-order valence-corrected chi connectivity index (χ1v) is 8.00. The van der Waals surface area contributed by atoms with Gasteiger partial charge in [0.15, 0.2) is 0 Å². The molecule has 0 radical (unpaired) electrons. The molecule has 3 N–H and O–H groups in total. The van der Waals surface area contributed by atoms with Gasteiger partial charge in [-0.15, -0.1) is 0 Å². The maximum absolute atomic E-state index is 5.71. The molecule has 1 aliphatic heterocycles. The van der Waals surface area contributed by atoms with Crippen LogP contribution in [0.4, 0.5) is 0 Å². The average Bonchev–Trinajstić information content (AvgIpc) is 3.04. The van der Waals surface area contributed by atoms with E-state index in [1.807, 2.05) is 6.07 Å². The number of benzene rings is 2. The Labute approximate surface area is 132 Å². The van der Waals surface area contributed by atoms with Crippen molar-refractivity contribution < 1.29 is 4.74 Å². The van der Waals surface area contributed by atoms with Crippen LogP contribution in [0.1, 0.15) is 17.5 Å². The van der Waals surface area contributed by atoms with Gasteiger partial charge in [-0.1, -0.05) is 42.5 Å². The van der Waals surface area contributed by atoms with E-state index in [0.29, 0.717) is 13.2 Å². The van der Waals surface area contributed by atoms with Crippen LogP contribution in [0, 0.1) is 0 Å². The molecule has 1 heterocycles. The Bertz CT molecular complexity index is 591. The van der Waals surface area contributed by atoms with Crippen LogP contribution in [0.3, 0.4) is 0 Å². The van der Waals surface area contributed by atoms with E-state index in [1.54, 1.807) is 0 Å². The first kappa shape index (κ1) is 15.1. The quantitative estimate of drug-likeness (QED) is 0.861. The molecule has 1 unspecified atom stereocenters. The number of rotatable bonds is 6. The monoisotopic (exact) mass is 296 g/mol. The molecule has 1 saturated heterocycles. The fourth-order valence-electron chi connectivity index (χ4n) is 3.32. The van der Waals surface area contributed by atoms with Gasteiger partial charge in [-0.05, 0) is 42.6 Å². The summed E-state index contributed by atoms with van der Waals surface area (Å²) in [7, 11) is 0. The van der Waals surface area contributed by atoms with E-state index < -0.39 is 0 Å². The molecule has 2 aromatic rings. The average molecular weight is 296 g/mol. The number of ether oxygens (including phenoxy) is 1. The highest BCUT2D eigenvalue weighted by molar-refractivity contribution is 5.37. The minimum absolute atomic E-state index is 0.156. The zero-order valence-corrected chi connectivity index (χ0v) is 12.9. The third-order valence-electron chi connectivity index (χ3n) is 4.46. The third kappa shape index (κ3) is 3.32. The lowest BCUT2D eigenvalue weighted by atomic mass is 9.75. The second-order valence-corrected chi connectivity index (χ2v) is 6.03. The number of hydrogen-bond acceptors (Lipinski definition) is 3. The summed E-state index contributed by atoms with van der Waals surface area (Å²) in [5.74, 6) is 0.919. The zero-order chi connectivity index (χ0) is 15.3. The fraction of sp³-hybridized carbons (Fsp3) is 0.368. The molecule has 1 fully saturated rings. The van der Waals surface area contributed by atoms with Crippen molar-refractivity contribution in [2.45, 2.75) is 18.3 Å². The van der Waals surface area contributed by atoms with Crippen LogP contribution in [-0.2, 0) is 11.8 Å². The number of hydrogen-bond donors (Lipinski definition) is 2. The fourth-order valence-corrected chi connectivity index (χ4v) is 3.32. The summed E-state index contributed by atoms with van der Waals surface area (Å²) in [6.07, 6.45) is 2.21. The summed E-state index contributed by atoms with van der Waals surface area (Å²) in [6, 6.07) is 19.3. The molecule has 116 valence electrons. The van der Waals surface area contributed by atoms with Gasteiger partial charge in [0.1, 0.15) is 12.4 Å². The molecule has 22 heavy (non-hydrogen) atoms. The summed E-state index contributed by atoms with van der Waals surface area (Å²) < 4.78 is 5.71. The maximum atomic E-state index is 5.71. The van der Waals surface area contributed by atoms with Crippen molar-refractivity contribution in [1.29, 1.82) is 0 Å². The van der Waals surface area contributed by atoms with Gasteiger partial charge in [-0.3, -0.25) is 0 Å². The van der Waals surface area contributed by atoms with Crippen molar-refractivity contribution in [1.82, 2.24) is 5.32 Å². The van der Waals surface area contributed by atoms with Gasteiger partial charge in [0.25, 0.3) is 0 Å². The molecular formula is C19H24N2O. The standard InChI is InChI=1S/C19H24N2O/c20-10-12-22-18-8-4-7-17(13-18)19(9-11-21-15-19)14-16-5-2-1-3-6-16/h1-8,13,21H,9-12,14-15,20H2. The number of nitrogens with two attached hydrogens (primary N) is 1. The first-order chi connectivity index (χ1) is 10.8. The molecular weight excluding hydrogens is 272 g/mol. The minimum atomic E-state index is 0.156. The topological polar surface area (TPSA) is 47.3 Å². The van der Waals surface area contributed by atoms with Crippen LogP contribution in [0.5, 0.6) is 5.75 Å². The summed E-state index contributed by atoms with van der Waals surface area (Å²) >= 11 is 0. The second kappa shape index (κ2) is 6.95. The Morgan fingerprint density at radius 2 is 1.95 bits per heavy atom. The van der Waals surface area contributed by atoms with E-state index in [4.69, 9.17) is 10.5 Å². The van der Waals surface area contributed by atoms with Crippen LogP contribution in [-0.4, -0.2) is 26.2 Å². The lowest BCUT2D eigenvalue weighted by molar-refractivity contribution is 0.326. The molecule has 0 aliphatic carbocycles. The highest BCUT2D eigenvalue weighted by Crippen LogP contribution is 2.36. The molecule has 1 atom stereocenters. The van der Waals surface area contributed by atoms with Crippen molar-refractivity contribution in [3.63, 3.8) is 0 Å². The van der Waals surface area contributed by atoms with Crippen molar-refractivity contribution in [3.8, 4) is 5.75 Å². The summed E-state index contributed by atoms with van der Waals surface area (Å²) in [5, 5.41) is 3.53. The molecule has 3 heteroatoms. The highest BCUT2D eigenvalue weighted by atomic mass is 16.5. The van der Waals surface area contributed by atoms with Crippen LogP contribution < -0.4 is 15.8 Å². The Balaban J connectivity index is 1.87. The van der Waals surface area contributed by atoms with Crippen LogP contribution in [0.25, 0.3) is 0 Å². The van der Waals surface area contributed by atoms with E-state index in [0.717, 1.165) is 31.7 Å². The van der Waals surface area contributed by atoms with Crippen LogP contribution in [0.2, 0.25) is 0 Å². The molecule has 3 nitrogen and oxygen atoms in total. The van der Waals surface area contributed by atoms with E-state index >= 15 is 0 Å². The molecule has 0 spiro atoms. The Morgan fingerprint density at radius 3 is 2.68 bits per heavy atom. The van der Waals surface area contributed by atoms with Crippen LogP contribution >= 0.6 is 0 Å². The van der Waals surface area contributed by atoms with Crippen molar-refractivity contribution in [2.75, 3.05) is 26.2 Å². The lowest BCUT2D eigenvalue weighted by Gasteiger charge is -2.29. The predicted octanol–water partition coefficient (Wildman–Crippen LogP) is 2.50. The molecule has 0 bridgehead atoms. The molecule has 0 saturated carbocycles. The second-order valence-electron chi connectivity index (χ2n) is 6.03. The normalized spacial score (nSPS) is 21.0. The molecule has 3 rings (SSSR count). The van der Waals surface area contributed by atoms with Gasteiger partial charge in [0, 0.05) is 18.5 Å². The Kier molecular flexibility index (Phi) is 4.76. The molecule has 0 aromatic heterocycles. The third-order valence-corrected chi connectivity index (χ3v) is 4.46. The summed E-state index contributed by atoms with van der Waals surface area (Å²) in [5.41, 5.74) is 8.43. The van der Waals surface area contributed by atoms with Gasteiger partial charge in [0.2, 0.25) is 0 Å². The predicted molar refractivity (Wildman–Crippen MR) is 90.3 cm³/mol. The van der Waals surface area contributed by atoms with Crippen molar-refractivity contribution in [2.24, 2.45) is 5.73 Å². The van der Waals surface area contributed by atoms with E-state index in [2.05, 4.69) is 53.8 Å². The Hall–Kier alpha value is -1.84. The molecule has 2 aromatic carbocycles. The van der Waals surface area contributed by atoms with Gasteiger partial charge in [0.05, 0.1) is 0 Å². The van der Waals surface area contributed by atoms with Crippen molar-refractivity contribution in [3.05, 3.63) is 65.7 Å². The maximum Gasteiger partial charge on any atom is 0.119 e. The van der Waals surface area contributed by atoms with Crippen LogP contribution in [0.15, 0.2) is 54.6 Å². The van der Waals surface area contributed by atoms with Gasteiger partial charge in [-0.2, -0.15) is 0 Å². The minimum Gasteiger partial charge on any atom is -0.492 e. The number of nitrogens with one attached hydrogen (secondary N) is 1. The largest absolute Gasteiger partial charge is 0.492 e. The zero-order valence-electron chi connectivity index (χ0n) is 12.9. The van der Waals surface area contributed by atoms with Crippen molar-refractivity contribution >= 4 is 0 Å². The summed E-state index contributed by atoms with van der Waals surface area (Å²) in [6.45, 7) is 3.19. The Morgan fingerprint density at radius 1 is 1.09 bits per heavy atom. The lowest BCUT2D eigenvalue weighted by Crippen LogP contribution is -2.31. The first-order valence-electron chi connectivity index (χ1n) is 8.00. The summed E-state index contributed by atoms with van der Waals surface area (Å²) in [4.78, 5) is 0. The SMILES string of the molecule is NCCOc1cccc(C2(Cc3ccccc3)CCNC2)c1. The van der Waals surface area contributed by atoms with E-state index in [9.17, 15) is 0 Å². The van der Waals surface area contributed by atoms with E-state index in [-0.39, 0.29) is 5.41 Å². The smallest absolute Gasteiger partial charge is 0.119 e. The van der Waals surface area contributed by atoms with Gasteiger partial charge < -0.3 is 15.8 Å². The molecule has 1 aliphatic rings. The highest BCUT2D eigenvalue weighted by Gasteiger charge is 2.35. The van der Waals surface area contributed by atoms with E-state index in [1.165, 1.54) is 11.1 Å². The van der Waals surface area contributed by atoms with Gasteiger partial charge >= 0.3 is 0 Å².